The van der Waals surface area contributed by atoms with Crippen LogP contribution in [-0.2, 0) is 6.54 Å². The molecule has 0 atom stereocenters. The Bertz CT molecular complexity index is 879. The van der Waals surface area contributed by atoms with Crippen molar-refractivity contribution >= 4 is 16.7 Å². The van der Waals surface area contributed by atoms with E-state index >= 15 is 0 Å². The SMILES string of the molecule is CC(C)c1ccc(NCc2cc(=O)oc3cc(O)ccc23)cc1. The number of phenols is 1. The molecule has 4 heteroatoms. The highest BCUT2D eigenvalue weighted by Gasteiger charge is 2.07. The maximum atomic E-state index is 11.7. The Labute approximate surface area is 134 Å². The number of rotatable bonds is 4. The van der Waals surface area contributed by atoms with E-state index in [1.807, 2.05) is 12.1 Å². The Morgan fingerprint density at radius 1 is 1.09 bits per heavy atom. The third-order valence-corrected chi connectivity index (χ3v) is 3.87. The fourth-order valence-electron chi connectivity index (χ4n) is 2.55. The maximum absolute atomic E-state index is 11.7. The molecule has 0 unspecified atom stereocenters. The lowest BCUT2D eigenvalue weighted by Gasteiger charge is -2.10. The Morgan fingerprint density at radius 3 is 2.52 bits per heavy atom. The van der Waals surface area contributed by atoms with E-state index in [1.165, 1.54) is 17.7 Å². The van der Waals surface area contributed by atoms with Crippen LogP contribution < -0.4 is 10.9 Å². The first-order valence-corrected chi connectivity index (χ1v) is 7.62. The quantitative estimate of drug-likeness (QED) is 0.708. The van der Waals surface area contributed by atoms with Crippen LogP contribution in [0.25, 0.3) is 11.0 Å². The van der Waals surface area contributed by atoms with E-state index in [9.17, 15) is 9.90 Å². The molecule has 0 aliphatic heterocycles. The zero-order valence-corrected chi connectivity index (χ0v) is 13.2. The second kappa shape index (κ2) is 6.16. The van der Waals surface area contributed by atoms with Crippen molar-refractivity contribution in [1.29, 1.82) is 0 Å². The fraction of sp³-hybridized carbons (Fsp3) is 0.211. The standard InChI is InChI=1S/C19H19NO3/c1-12(2)13-3-5-15(6-4-13)20-11-14-9-19(22)23-18-10-16(21)7-8-17(14)18/h3-10,12,20-21H,11H2,1-2H3. The second-order valence-electron chi connectivity index (χ2n) is 5.90. The van der Waals surface area contributed by atoms with Gasteiger partial charge in [0.15, 0.2) is 0 Å². The van der Waals surface area contributed by atoms with E-state index in [0.29, 0.717) is 18.0 Å². The molecule has 1 aromatic heterocycles. The fourth-order valence-corrected chi connectivity index (χ4v) is 2.55. The summed E-state index contributed by atoms with van der Waals surface area (Å²) in [4.78, 5) is 11.7. The van der Waals surface area contributed by atoms with E-state index in [1.54, 1.807) is 12.1 Å². The first kappa shape index (κ1) is 15.2. The van der Waals surface area contributed by atoms with Gasteiger partial charge in [-0.15, -0.1) is 0 Å². The van der Waals surface area contributed by atoms with Crippen LogP contribution in [0.2, 0.25) is 0 Å². The van der Waals surface area contributed by atoms with Crippen LogP contribution in [0.5, 0.6) is 5.75 Å². The lowest BCUT2D eigenvalue weighted by Crippen LogP contribution is -2.05. The van der Waals surface area contributed by atoms with E-state index in [2.05, 4.69) is 31.3 Å². The summed E-state index contributed by atoms with van der Waals surface area (Å²) in [5.74, 6) is 0.578. The van der Waals surface area contributed by atoms with E-state index in [4.69, 9.17) is 4.42 Å². The van der Waals surface area contributed by atoms with Gasteiger partial charge in [0.1, 0.15) is 11.3 Å². The largest absolute Gasteiger partial charge is 0.508 e. The predicted octanol–water partition coefficient (Wildman–Crippen LogP) is 4.23. The molecular formula is C19H19NO3. The Morgan fingerprint density at radius 2 is 1.83 bits per heavy atom. The predicted molar refractivity (Wildman–Crippen MR) is 92.0 cm³/mol. The van der Waals surface area contributed by atoms with Gasteiger partial charge in [0.05, 0.1) is 0 Å². The van der Waals surface area contributed by atoms with Crippen molar-refractivity contribution in [3.63, 3.8) is 0 Å². The minimum Gasteiger partial charge on any atom is -0.508 e. The minimum atomic E-state index is -0.421. The van der Waals surface area contributed by atoms with Crippen LogP contribution in [-0.4, -0.2) is 5.11 Å². The van der Waals surface area contributed by atoms with Gasteiger partial charge >= 0.3 is 5.63 Å². The first-order valence-electron chi connectivity index (χ1n) is 7.62. The van der Waals surface area contributed by atoms with E-state index < -0.39 is 5.63 Å². The Hall–Kier alpha value is -2.75. The molecule has 118 valence electrons. The van der Waals surface area contributed by atoms with Crippen LogP contribution in [0.4, 0.5) is 5.69 Å². The third kappa shape index (κ3) is 3.37. The number of nitrogens with one attached hydrogen (secondary N) is 1. The second-order valence-corrected chi connectivity index (χ2v) is 5.90. The summed E-state index contributed by atoms with van der Waals surface area (Å²) >= 11 is 0. The number of hydrogen-bond donors (Lipinski definition) is 2. The van der Waals surface area contributed by atoms with Gasteiger partial charge in [0, 0.05) is 29.8 Å². The molecule has 0 saturated carbocycles. The van der Waals surface area contributed by atoms with E-state index in [0.717, 1.165) is 16.6 Å². The number of benzene rings is 2. The number of phenolic OH excluding ortho intramolecular Hbond substituents is 1. The number of hydrogen-bond acceptors (Lipinski definition) is 4. The Balaban J connectivity index is 1.85. The third-order valence-electron chi connectivity index (χ3n) is 3.87. The molecular weight excluding hydrogens is 290 g/mol. The van der Waals surface area contributed by atoms with Crippen molar-refractivity contribution in [3.8, 4) is 5.75 Å². The van der Waals surface area contributed by atoms with Crippen molar-refractivity contribution in [1.82, 2.24) is 0 Å². The number of aromatic hydroxyl groups is 1. The zero-order valence-electron chi connectivity index (χ0n) is 13.2. The molecule has 3 rings (SSSR count). The van der Waals surface area contributed by atoms with Gasteiger partial charge in [-0.25, -0.2) is 4.79 Å². The summed E-state index contributed by atoms with van der Waals surface area (Å²) in [5.41, 5.74) is 3.09. The normalized spacial score (nSPS) is 11.1. The molecule has 0 amide bonds. The van der Waals surface area contributed by atoms with Crippen molar-refractivity contribution in [2.75, 3.05) is 5.32 Å². The van der Waals surface area contributed by atoms with Gasteiger partial charge in [0.25, 0.3) is 0 Å². The highest BCUT2D eigenvalue weighted by molar-refractivity contribution is 5.81. The number of anilines is 1. The number of fused-ring (bicyclic) bond motifs is 1. The molecule has 0 spiro atoms. The maximum Gasteiger partial charge on any atom is 0.336 e. The van der Waals surface area contributed by atoms with Crippen molar-refractivity contribution in [3.05, 3.63) is 70.1 Å². The summed E-state index contributed by atoms with van der Waals surface area (Å²) in [7, 11) is 0. The monoisotopic (exact) mass is 309 g/mol. The summed E-state index contributed by atoms with van der Waals surface area (Å²) < 4.78 is 5.13. The summed E-state index contributed by atoms with van der Waals surface area (Å²) in [6.45, 7) is 4.83. The van der Waals surface area contributed by atoms with Gasteiger partial charge in [-0.1, -0.05) is 26.0 Å². The summed E-state index contributed by atoms with van der Waals surface area (Å²) in [6, 6.07) is 14.6. The molecule has 23 heavy (non-hydrogen) atoms. The van der Waals surface area contributed by atoms with E-state index in [-0.39, 0.29) is 5.75 Å². The zero-order chi connectivity index (χ0) is 16.4. The average Bonchev–Trinajstić information content (AvgIpc) is 2.52. The van der Waals surface area contributed by atoms with Gasteiger partial charge in [-0.05, 0) is 41.3 Å². The average molecular weight is 309 g/mol. The molecule has 4 nitrogen and oxygen atoms in total. The molecule has 2 aromatic carbocycles. The van der Waals surface area contributed by atoms with Gasteiger partial charge in [0.2, 0.25) is 0 Å². The Kier molecular flexibility index (Phi) is 4.06. The first-order chi connectivity index (χ1) is 11.0. The van der Waals surface area contributed by atoms with Crippen LogP contribution in [0.1, 0.15) is 30.9 Å². The van der Waals surface area contributed by atoms with Gasteiger partial charge in [-0.2, -0.15) is 0 Å². The highest BCUT2D eigenvalue weighted by atomic mass is 16.4. The molecule has 0 saturated heterocycles. The lowest BCUT2D eigenvalue weighted by molar-refractivity contribution is 0.473. The summed E-state index contributed by atoms with van der Waals surface area (Å²) in [5, 5.41) is 13.6. The van der Waals surface area contributed by atoms with Gasteiger partial charge < -0.3 is 14.8 Å². The van der Waals surface area contributed by atoms with Crippen LogP contribution >= 0.6 is 0 Å². The topological polar surface area (TPSA) is 62.5 Å². The van der Waals surface area contributed by atoms with Crippen molar-refractivity contribution < 1.29 is 9.52 Å². The molecule has 1 heterocycles. The molecule has 2 N–H and O–H groups in total. The highest BCUT2D eigenvalue weighted by Crippen LogP contribution is 2.23. The summed E-state index contributed by atoms with van der Waals surface area (Å²) in [6.07, 6.45) is 0. The smallest absolute Gasteiger partial charge is 0.336 e. The van der Waals surface area contributed by atoms with Gasteiger partial charge in [-0.3, -0.25) is 0 Å². The molecule has 0 radical (unpaired) electrons. The van der Waals surface area contributed by atoms with Crippen molar-refractivity contribution in [2.45, 2.75) is 26.3 Å². The van der Waals surface area contributed by atoms with Crippen LogP contribution in [0.15, 0.2) is 57.7 Å². The molecule has 0 fully saturated rings. The van der Waals surface area contributed by atoms with Crippen LogP contribution in [0.3, 0.4) is 0 Å². The molecule has 0 aliphatic carbocycles. The molecule has 0 bridgehead atoms. The van der Waals surface area contributed by atoms with Crippen LogP contribution in [0, 0.1) is 0 Å². The molecule has 0 aliphatic rings. The molecule has 3 aromatic rings. The lowest BCUT2D eigenvalue weighted by atomic mass is 10.0. The minimum absolute atomic E-state index is 0.0787. The van der Waals surface area contributed by atoms with Crippen molar-refractivity contribution in [2.24, 2.45) is 0 Å².